The van der Waals surface area contributed by atoms with Crippen LogP contribution in [0.3, 0.4) is 0 Å². The van der Waals surface area contributed by atoms with Crippen molar-refractivity contribution in [1.29, 1.82) is 0 Å². The van der Waals surface area contributed by atoms with E-state index < -0.39 is 0 Å². The molecule has 0 saturated carbocycles. The Morgan fingerprint density at radius 1 is 0.500 bits per heavy atom. The molecule has 42 valence electrons. The average Bonchev–Trinajstić information content (AvgIpc) is 0. The van der Waals surface area contributed by atoms with E-state index in [1.54, 1.807) is 0 Å². The molecule has 0 heterocycles. The predicted octanol–water partition coefficient (Wildman–Crippen LogP) is 1.04. The van der Waals surface area contributed by atoms with Gasteiger partial charge in [-0.05, 0) is 0 Å². The quantitative estimate of drug-likeness (QED) is 0.551. The van der Waals surface area contributed by atoms with Gasteiger partial charge in [-0.25, -0.2) is 0 Å². The van der Waals surface area contributed by atoms with Gasteiger partial charge >= 0.3 is 68.9 Å². The van der Waals surface area contributed by atoms with Crippen LogP contribution in [0.2, 0.25) is 0 Å². The van der Waals surface area contributed by atoms with Crippen LogP contribution in [0.15, 0.2) is 0 Å². The van der Waals surface area contributed by atoms with E-state index in [-0.39, 0.29) is 138 Å². The van der Waals surface area contributed by atoms with Crippen molar-refractivity contribution in [1.82, 2.24) is 0 Å². The summed E-state index contributed by atoms with van der Waals surface area (Å²) in [7, 11) is 0. The molecule has 0 radical (unpaired) electrons. The van der Waals surface area contributed by atoms with Crippen LogP contribution >= 0.6 is 49.6 Å². The molecule has 0 bridgehead atoms. The monoisotopic (exact) mass is 380 g/mol. The zero-order valence-corrected chi connectivity index (χ0v) is 6.99. The van der Waals surface area contributed by atoms with Crippen LogP contribution in [0, 0.1) is 0 Å². The summed E-state index contributed by atoms with van der Waals surface area (Å²) in [5.41, 5.74) is 0. The first-order valence-corrected chi connectivity index (χ1v) is 0. The summed E-state index contributed by atoms with van der Waals surface area (Å²) in [5, 5.41) is 0. The molecule has 0 spiro atoms. The van der Waals surface area contributed by atoms with Gasteiger partial charge in [0.15, 0.2) is 0 Å². The number of hydrogen-bond acceptors (Lipinski definition) is 0. The zero-order valence-electron chi connectivity index (χ0n) is 1.99. The molecule has 0 rings (SSSR count). The molecule has 0 nitrogen and oxygen atoms in total. The Morgan fingerprint density at radius 2 is 0.500 bits per heavy atom. The van der Waals surface area contributed by atoms with Gasteiger partial charge in [0.05, 0.1) is 0 Å². The largest absolute Gasteiger partial charge is 0 e. The van der Waals surface area contributed by atoms with Crippen molar-refractivity contribution in [3.8, 4) is 0 Å². The Hall–Kier alpha value is 3.84. The summed E-state index contributed by atoms with van der Waals surface area (Å²) < 4.78 is 0. The smallest absolute Gasteiger partial charge is 0 e. The first-order valence-electron chi connectivity index (χ1n) is 0. The summed E-state index contributed by atoms with van der Waals surface area (Å²) in [5.74, 6) is 0. The van der Waals surface area contributed by atoms with Crippen molar-refractivity contribution in [3.63, 3.8) is 0 Å². The molecule has 0 atom stereocenters. The second kappa shape index (κ2) is 36.9. The average molecular weight is 381 g/mol. The minimum absolute atomic E-state index is 0. The topological polar surface area (TPSA) is 0 Å². The fraction of sp³-hybridized carbons (Fsp3) is 0. The zero-order chi connectivity index (χ0) is 0. The first-order chi connectivity index (χ1) is 0. The number of rotatable bonds is 0. The summed E-state index contributed by atoms with van der Waals surface area (Å²) in [6.07, 6.45) is 0. The molecular formula is H5Cl4CsRu. The molecule has 0 aliphatic rings. The molecular weight excluding hydrogens is 376 g/mol. The van der Waals surface area contributed by atoms with Gasteiger partial charge in [0, 0.05) is 19.5 Å². The molecule has 0 fully saturated rings. The van der Waals surface area contributed by atoms with E-state index >= 15 is 0 Å². The first kappa shape index (κ1) is 52.2. The molecule has 0 aliphatic carbocycles. The summed E-state index contributed by atoms with van der Waals surface area (Å²) >= 11 is 0. The molecule has 0 aliphatic heterocycles. The van der Waals surface area contributed by atoms with Gasteiger partial charge in [-0.15, -0.1) is 49.6 Å². The third kappa shape index (κ3) is 24.9. The van der Waals surface area contributed by atoms with E-state index in [0.717, 1.165) is 0 Å². The van der Waals surface area contributed by atoms with Gasteiger partial charge in [-0.2, -0.15) is 0 Å². The van der Waals surface area contributed by atoms with E-state index in [4.69, 9.17) is 0 Å². The van der Waals surface area contributed by atoms with Gasteiger partial charge in [-0.1, -0.05) is 0 Å². The van der Waals surface area contributed by atoms with Crippen molar-refractivity contribution in [2.45, 2.75) is 0 Å². The molecule has 6 heavy (non-hydrogen) atoms. The molecule has 0 unspecified atom stereocenters. The molecule has 0 aromatic carbocycles. The SMILES string of the molecule is Cl.Cl.Cl.Cl.[CsH].[Ru]. The summed E-state index contributed by atoms with van der Waals surface area (Å²) in [4.78, 5) is 0. The number of hydrogen-bond donors (Lipinski definition) is 0. The van der Waals surface area contributed by atoms with Crippen LogP contribution in [0.4, 0.5) is 0 Å². The van der Waals surface area contributed by atoms with Crippen molar-refractivity contribution in [2.24, 2.45) is 0 Å². The van der Waals surface area contributed by atoms with Crippen molar-refractivity contribution < 1.29 is 19.5 Å². The third-order valence-corrected chi connectivity index (χ3v) is 0. The number of halogens is 4. The van der Waals surface area contributed by atoms with Gasteiger partial charge in [-0.3, -0.25) is 0 Å². The van der Waals surface area contributed by atoms with Gasteiger partial charge < -0.3 is 0 Å². The third-order valence-electron chi connectivity index (χ3n) is 0. The van der Waals surface area contributed by atoms with E-state index in [0.29, 0.717) is 0 Å². The van der Waals surface area contributed by atoms with Gasteiger partial charge in [0.25, 0.3) is 0 Å². The fourth-order valence-electron chi connectivity index (χ4n) is 0. The Labute approximate surface area is 134 Å². The molecule has 0 N–H and O–H groups in total. The van der Waals surface area contributed by atoms with Crippen LogP contribution in [0.25, 0.3) is 0 Å². The van der Waals surface area contributed by atoms with Crippen molar-refractivity contribution in [2.75, 3.05) is 0 Å². The van der Waals surface area contributed by atoms with Crippen LogP contribution in [0.1, 0.15) is 0 Å². The standard InChI is InChI=1S/4ClH.Cs.Ru.H/h4*1H;;;. The molecule has 0 saturated heterocycles. The Morgan fingerprint density at radius 3 is 0.500 bits per heavy atom. The minimum atomic E-state index is 0. The van der Waals surface area contributed by atoms with Crippen LogP contribution in [0.5, 0.6) is 0 Å². The van der Waals surface area contributed by atoms with Gasteiger partial charge in [0.2, 0.25) is 0 Å². The molecule has 0 amide bonds. The normalized spacial score (nSPS) is 0. The maximum absolute atomic E-state index is 0. The maximum Gasteiger partial charge on any atom is 0 e. The Bertz CT molecular complexity index is 7.51. The summed E-state index contributed by atoms with van der Waals surface area (Å²) in [6.45, 7) is 0. The maximum atomic E-state index is 0. The van der Waals surface area contributed by atoms with Gasteiger partial charge in [0.1, 0.15) is 0 Å². The van der Waals surface area contributed by atoms with Crippen LogP contribution < -0.4 is 0 Å². The predicted molar refractivity (Wildman–Crippen MR) is 36.1 cm³/mol. The van der Waals surface area contributed by atoms with Crippen LogP contribution in [-0.2, 0) is 19.5 Å². The molecule has 0 aromatic heterocycles. The van der Waals surface area contributed by atoms with Crippen LogP contribution in [-0.4, -0.2) is 68.9 Å². The van der Waals surface area contributed by atoms with Crippen molar-refractivity contribution in [3.05, 3.63) is 0 Å². The molecule has 6 heteroatoms. The fourth-order valence-corrected chi connectivity index (χ4v) is 0. The van der Waals surface area contributed by atoms with E-state index in [9.17, 15) is 0 Å². The van der Waals surface area contributed by atoms with E-state index in [2.05, 4.69) is 0 Å². The Balaban J connectivity index is 0. The second-order valence-electron chi connectivity index (χ2n) is 0. The Kier molecular flexibility index (Phi) is 321. The summed E-state index contributed by atoms with van der Waals surface area (Å²) in [6, 6.07) is 0. The second-order valence-corrected chi connectivity index (χ2v) is 0. The molecule has 0 aromatic rings. The minimum Gasteiger partial charge on any atom is 0 e. The van der Waals surface area contributed by atoms with E-state index in [1.165, 1.54) is 0 Å². The van der Waals surface area contributed by atoms with E-state index in [1.807, 2.05) is 0 Å². The van der Waals surface area contributed by atoms with Crippen molar-refractivity contribution >= 4 is 119 Å².